The number of hydrogen-bond donors (Lipinski definition) is 1. The smallest absolute Gasteiger partial charge is 0.307 e. The summed E-state index contributed by atoms with van der Waals surface area (Å²) in [5.74, 6) is -2.29. The Morgan fingerprint density at radius 1 is 1.00 bits per heavy atom. The lowest BCUT2D eigenvalue weighted by Gasteiger charge is -2.14. The fourth-order valence-electron chi connectivity index (χ4n) is 5.58. The Balaban J connectivity index is 1.23. The average molecular weight is 536 g/mol. The van der Waals surface area contributed by atoms with Gasteiger partial charge in [-0.15, -0.1) is 0 Å². The minimum Gasteiger partial charge on any atom is -0.481 e. The van der Waals surface area contributed by atoms with Crippen LogP contribution in [-0.2, 0) is 17.8 Å². The summed E-state index contributed by atoms with van der Waals surface area (Å²) in [4.78, 5) is 15.6. The molecule has 0 spiro atoms. The van der Waals surface area contributed by atoms with Gasteiger partial charge in [0.15, 0.2) is 0 Å². The van der Waals surface area contributed by atoms with E-state index in [-0.39, 0.29) is 46.1 Å². The highest BCUT2D eigenvalue weighted by atomic mass is 35.5. The van der Waals surface area contributed by atoms with Crippen molar-refractivity contribution in [2.75, 3.05) is 0 Å². The molecule has 2 aliphatic rings. The van der Waals surface area contributed by atoms with Gasteiger partial charge in [0, 0.05) is 39.9 Å². The first-order valence-corrected chi connectivity index (χ1v) is 12.5. The van der Waals surface area contributed by atoms with E-state index in [4.69, 9.17) is 16.3 Å². The molecule has 0 bridgehead atoms. The fraction of sp³-hybridized carbons (Fsp3) is 0.200. The molecule has 1 heterocycles. The monoisotopic (exact) mass is 535 g/mol. The van der Waals surface area contributed by atoms with E-state index < -0.39 is 23.4 Å². The molecule has 1 fully saturated rings. The summed E-state index contributed by atoms with van der Waals surface area (Å²) in [6, 6.07) is 13.3. The van der Waals surface area contributed by atoms with Crippen molar-refractivity contribution in [3.05, 3.63) is 106 Å². The Bertz CT molecular complexity index is 1620. The number of nitrogens with zero attached hydrogens (tertiary/aromatic N) is 1. The molecule has 8 heteroatoms. The molecule has 0 amide bonds. The second kappa shape index (κ2) is 9.17. The summed E-state index contributed by atoms with van der Waals surface area (Å²) in [5.41, 5.74) is 4.05. The quantitative estimate of drug-likeness (QED) is 0.280. The lowest BCUT2D eigenvalue weighted by atomic mass is 9.95. The minimum absolute atomic E-state index is 0.0126. The van der Waals surface area contributed by atoms with Gasteiger partial charge in [-0.1, -0.05) is 23.7 Å². The lowest BCUT2D eigenvalue weighted by Crippen LogP contribution is -2.06. The molecule has 0 aliphatic heterocycles. The summed E-state index contributed by atoms with van der Waals surface area (Å²) in [7, 11) is 0. The van der Waals surface area contributed by atoms with Gasteiger partial charge in [-0.25, -0.2) is 18.2 Å². The number of carboxylic acids is 1. The number of carboxylic acid groups (broad SMARTS) is 1. The van der Waals surface area contributed by atoms with Gasteiger partial charge in [-0.2, -0.15) is 0 Å². The zero-order valence-corrected chi connectivity index (χ0v) is 20.9. The molecule has 38 heavy (non-hydrogen) atoms. The van der Waals surface area contributed by atoms with Crippen LogP contribution in [0.2, 0.25) is 5.02 Å². The van der Waals surface area contributed by atoms with Gasteiger partial charge >= 0.3 is 5.97 Å². The maximum atomic E-state index is 15.2. The van der Waals surface area contributed by atoms with Crippen molar-refractivity contribution in [3.63, 3.8) is 0 Å². The number of pyridine rings is 1. The van der Waals surface area contributed by atoms with Crippen LogP contribution >= 0.6 is 11.6 Å². The summed E-state index contributed by atoms with van der Waals surface area (Å²) >= 11 is 5.82. The SMILES string of the molecule is Cc1cc(F)c(COc2cc3c(cn2)[C@H]2[C@@H](C3)[C@@H]2C(=O)O)cc1-c1ccc(-c2ccc(Cl)cc2F)cc1F. The van der Waals surface area contributed by atoms with Crippen LogP contribution in [0.5, 0.6) is 5.88 Å². The van der Waals surface area contributed by atoms with Crippen molar-refractivity contribution in [3.8, 4) is 28.1 Å². The third kappa shape index (κ3) is 4.21. The topological polar surface area (TPSA) is 59.4 Å². The van der Waals surface area contributed by atoms with Gasteiger partial charge in [0.1, 0.15) is 24.1 Å². The molecule has 6 rings (SSSR count). The van der Waals surface area contributed by atoms with Crippen LogP contribution in [-0.4, -0.2) is 16.1 Å². The van der Waals surface area contributed by atoms with E-state index in [1.807, 2.05) is 0 Å². The molecule has 1 N–H and O–H groups in total. The normalized spacial score (nSPS) is 19.1. The number of rotatable bonds is 6. The Morgan fingerprint density at radius 3 is 2.50 bits per heavy atom. The summed E-state index contributed by atoms with van der Waals surface area (Å²) in [6.07, 6.45) is 2.31. The predicted octanol–water partition coefficient (Wildman–Crippen LogP) is 7.34. The van der Waals surface area contributed by atoms with Gasteiger partial charge in [-0.05, 0) is 83.5 Å². The first-order chi connectivity index (χ1) is 18.2. The molecule has 4 nitrogen and oxygen atoms in total. The number of fused-ring (bicyclic) bond motifs is 3. The van der Waals surface area contributed by atoms with Crippen LogP contribution in [0.1, 0.15) is 28.2 Å². The molecule has 0 radical (unpaired) electrons. The number of aliphatic carboxylic acids is 1. The van der Waals surface area contributed by atoms with E-state index in [0.717, 1.165) is 11.1 Å². The lowest BCUT2D eigenvalue weighted by molar-refractivity contribution is -0.139. The third-order valence-corrected chi connectivity index (χ3v) is 7.77. The van der Waals surface area contributed by atoms with Crippen LogP contribution in [0, 0.1) is 36.2 Å². The van der Waals surface area contributed by atoms with E-state index >= 15 is 4.39 Å². The number of halogens is 4. The number of aromatic nitrogens is 1. The molecule has 192 valence electrons. The zero-order chi connectivity index (χ0) is 26.7. The van der Waals surface area contributed by atoms with Crippen molar-refractivity contribution < 1.29 is 27.8 Å². The second-order valence-corrected chi connectivity index (χ2v) is 10.3. The van der Waals surface area contributed by atoms with Gasteiger partial charge in [0.25, 0.3) is 0 Å². The van der Waals surface area contributed by atoms with Gasteiger partial charge in [-0.3, -0.25) is 4.79 Å². The van der Waals surface area contributed by atoms with E-state index in [0.29, 0.717) is 29.0 Å². The molecule has 1 saturated carbocycles. The van der Waals surface area contributed by atoms with Crippen molar-refractivity contribution in [2.45, 2.75) is 25.9 Å². The number of benzene rings is 3. The number of ether oxygens (including phenoxy) is 1. The highest BCUT2D eigenvalue weighted by Crippen LogP contribution is 2.61. The summed E-state index contributed by atoms with van der Waals surface area (Å²) < 4.78 is 50.1. The predicted molar refractivity (Wildman–Crippen MR) is 137 cm³/mol. The Hall–Kier alpha value is -3.84. The molecule has 4 aromatic rings. The third-order valence-electron chi connectivity index (χ3n) is 7.54. The largest absolute Gasteiger partial charge is 0.481 e. The summed E-state index contributed by atoms with van der Waals surface area (Å²) in [5, 5.41) is 9.53. The molecule has 3 aromatic carbocycles. The van der Waals surface area contributed by atoms with E-state index in [9.17, 15) is 18.7 Å². The zero-order valence-electron chi connectivity index (χ0n) is 20.1. The van der Waals surface area contributed by atoms with E-state index in [2.05, 4.69) is 4.98 Å². The van der Waals surface area contributed by atoms with Crippen molar-refractivity contribution in [2.24, 2.45) is 11.8 Å². The molecule has 2 aliphatic carbocycles. The first kappa shape index (κ1) is 24.5. The number of hydrogen-bond acceptors (Lipinski definition) is 3. The average Bonchev–Trinajstić information content (AvgIpc) is 3.46. The van der Waals surface area contributed by atoms with Crippen LogP contribution in [0.15, 0.2) is 60.8 Å². The number of carbonyl (C=O) groups is 1. The highest BCUT2D eigenvalue weighted by Gasteiger charge is 2.59. The fourth-order valence-corrected chi connectivity index (χ4v) is 5.74. The molecular formula is C30H21ClF3NO3. The van der Waals surface area contributed by atoms with Gasteiger partial charge in [0.05, 0.1) is 5.92 Å². The molecule has 3 atom stereocenters. The standard InChI is InChI=1S/C30H21ClF3NO3/c1-14-6-24(32)17(13-38-27-10-16-7-22-28(23(16)12-35-27)29(22)30(36)37)8-21(14)20-4-2-15(9-25(20)33)19-5-3-18(31)11-26(19)34/h2-6,8-12,22,28-29H,7,13H2,1H3,(H,36,37)/t22-,28-,29+/m1/s1. The first-order valence-electron chi connectivity index (χ1n) is 12.1. The van der Waals surface area contributed by atoms with Crippen LogP contribution < -0.4 is 4.74 Å². The number of aryl methyl sites for hydroxylation is 1. The Morgan fingerprint density at radius 2 is 1.76 bits per heavy atom. The summed E-state index contributed by atoms with van der Waals surface area (Å²) in [6.45, 7) is 1.57. The van der Waals surface area contributed by atoms with Crippen molar-refractivity contribution >= 4 is 17.6 Å². The molecular weight excluding hydrogens is 515 g/mol. The second-order valence-electron chi connectivity index (χ2n) is 9.85. The Kier molecular flexibility index (Phi) is 5.91. The molecule has 0 saturated heterocycles. The van der Waals surface area contributed by atoms with Crippen LogP contribution in [0.4, 0.5) is 13.2 Å². The molecule has 1 aromatic heterocycles. The van der Waals surface area contributed by atoms with Crippen molar-refractivity contribution in [1.82, 2.24) is 4.98 Å². The van der Waals surface area contributed by atoms with E-state index in [1.54, 1.807) is 37.4 Å². The van der Waals surface area contributed by atoms with Crippen LogP contribution in [0.25, 0.3) is 22.3 Å². The highest BCUT2D eigenvalue weighted by molar-refractivity contribution is 6.30. The van der Waals surface area contributed by atoms with Gasteiger partial charge < -0.3 is 9.84 Å². The minimum atomic E-state index is -0.778. The van der Waals surface area contributed by atoms with Gasteiger partial charge in [0.2, 0.25) is 5.88 Å². The Labute approximate surface area is 221 Å². The van der Waals surface area contributed by atoms with Crippen LogP contribution in [0.3, 0.4) is 0 Å². The maximum Gasteiger partial charge on any atom is 0.307 e. The van der Waals surface area contributed by atoms with Crippen molar-refractivity contribution in [1.29, 1.82) is 0 Å². The van der Waals surface area contributed by atoms with E-state index in [1.165, 1.54) is 30.3 Å². The maximum absolute atomic E-state index is 15.2. The molecule has 0 unspecified atom stereocenters.